The van der Waals surface area contributed by atoms with Gasteiger partial charge in [-0.15, -0.1) is 0 Å². The summed E-state index contributed by atoms with van der Waals surface area (Å²) in [5, 5.41) is 14.7. The molecule has 112 valence electrons. The maximum absolute atomic E-state index is 11.8. The van der Waals surface area contributed by atoms with Crippen molar-refractivity contribution in [1.29, 1.82) is 0 Å². The van der Waals surface area contributed by atoms with Crippen molar-refractivity contribution in [3.63, 3.8) is 0 Å². The molecule has 0 aliphatic heterocycles. The fraction of sp³-hybridized carbons (Fsp3) is 0.571. The number of carbonyl (C=O) groups is 2. The fourth-order valence-electron chi connectivity index (χ4n) is 1.61. The van der Waals surface area contributed by atoms with E-state index >= 15 is 0 Å². The Labute approximate surface area is 118 Å². The molecule has 0 aromatic carbocycles. The van der Waals surface area contributed by atoms with Gasteiger partial charge in [0.2, 0.25) is 11.7 Å². The summed E-state index contributed by atoms with van der Waals surface area (Å²) in [6, 6.07) is 1.12. The summed E-state index contributed by atoms with van der Waals surface area (Å²) in [4.78, 5) is 22.6. The van der Waals surface area contributed by atoms with E-state index in [9.17, 15) is 9.59 Å². The van der Waals surface area contributed by atoms with E-state index in [1.165, 1.54) is 6.07 Å². The standard InChI is InChI=1S/C14H22N2O4/c1-8(2)6-16-13(17)9(3)15-7-11-5-12(14(18)19)20-10(11)4/h5,8-9,15H,6-7H2,1-4H3,(H,16,17)(H,18,19). The minimum absolute atomic E-state index is 0.0710. The van der Waals surface area contributed by atoms with Crippen LogP contribution < -0.4 is 10.6 Å². The van der Waals surface area contributed by atoms with E-state index in [-0.39, 0.29) is 17.7 Å². The molecule has 0 saturated heterocycles. The molecule has 1 aromatic rings. The maximum Gasteiger partial charge on any atom is 0.371 e. The Morgan fingerprint density at radius 3 is 2.50 bits per heavy atom. The topological polar surface area (TPSA) is 91.6 Å². The van der Waals surface area contributed by atoms with Crippen LogP contribution in [0, 0.1) is 12.8 Å². The summed E-state index contributed by atoms with van der Waals surface area (Å²) >= 11 is 0. The number of amides is 1. The van der Waals surface area contributed by atoms with Crippen LogP contribution in [0.25, 0.3) is 0 Å². The molecule has 1 unspecified atom stereocenters. The molecule has 0 spiro atoms. The van der Waals surface area contributed by atoms with Crippen molar-refractivity contribution in [2.24, 2.45) is 5.92 Å². The van der Waals surface area contributed by atoms with Gasteiger partial charge in [-0.1, -0.05) is 13.8 Å². The van der Waals surface area contributed by atoms with Crippen LogP contribution in [0.15, 0.2) is 10.5 Å². The predicted octanol–water partition coefficient (Wildman–Crippen LogP) is 1.54. The minimum atomic E-state index is -1.10. The Hall–Kier alpha value is -1.82. The lowest BCUT2D eigenvalue weighted by atomic mass is 10.2. The normalized spacial score (nSPS) is 12.4. The van der Waals surface area contributed by atoms with Crippen molar-refractivity contribution < 1.29 is 19.1 Å². The highest BCUT2D eigenvalue weighted by molar-refractivity contribution is 5.84. The second-order valence-electron chi connectivity index (χ2n) is 5.24. The van der Waals surface area contributed by atoms with Crippen LogP contribution in [-0.2, 0) is 11.3 Å². The highest BCUT2D eigenvalue weighted by Crippen LogP contribution is 2.14. The van der Waals surface area contributed by atoms with Crippen molar-refractivity contribution in [3.8, 4) is 0 Å². The lowest BCUT2D eigenvalue weighted by molar-refractivity contribution is -0.122. The molecule has 1 atom stereocenters. The number of nitrogens with one attached hydrogen (secondary N) is 2. The van der Waals surface area contributed by atoms with Crippen molar-refractivity contribution in [3.05, 3.63) is 23.2 Å². The number of carbonyl (C=O) groups excluding carboxylic acids is 1. The Morgan fingerprint density at radius 1 is 1.35 bits per heavy atom. The molecule has 0 fully saturated rings. The van der Waals surface area contributed by atoms with Crippen LogP contribution in [0.1, 0.15) is 42.6 Å². The van der Waals surface area contributed by atoms with Gasteiger partial charge in [0.05, 0.1) is 6.04 Å². The monoisotopic (exact) mass is 282 g/mol. The highest BCUT2D eigenvalue weighted by Gasteiger charge is 2.16. The first-order chi connectivity index (χ1) is 9.31. The van der Waals surface area contributed by atoms with Crippen LogP contribution in [0.4, 0.5) is 0 Å². The second-order valence-corrected chi connectivity index (χ2v) is 5.24. The smallest absolute Gasteiger partial charge is 0.371 e. The van der Waals surface area contributed by atoms with E-state index in [4.69, 9.17) is 9.52 Å². The molecule has 1 rings (SSSR count). The zero-order valence-corrected chi connectivity index (χ0v) is 12.3. The van der Waals surface area contributed by atoms with Gasteiger partial charge in [0, 0.05) is 18.7 Å². The molecule has 0 bridgehead atoms. The quantitative estimate of drug-likeness (QED) is 0.705. The number of carboxylic acid groups (broad SMARTS) is 1. The summed E-state index contributed by atoms with van der Waals surface area (Å²) in [6.45, 7) is 8.55. The lowest BCUT2D eigenvalue weighted by Crippen LogP contribution is -2.43. The van der Waals surface area contributed by atoms with Gasteiger partial charge >= 0.3 is 5.97 Å². The molecule has 6 heteroatoms. The molecule has 0 radical (unpaired) electrons. The number of carboxylic acids is 1. The van der Waals surface area contributed by atoms with Crippen LogP contribution in [0.3, 0.4) is 0 Å². The fourth-order valence-corrected chi connectivity index (χ4v) is 1.61. The van der Waals surface area contributed by atoms with E-state index in [1.54, 1.807) is 13.8 Å². The molecule has 1 aromatic heterocycles. The maximum atomic E-state index is 11.8. The van der Waals surface area contributed by atoms with Crippen molar-refractivity contribution >= 4 is 11.9 Å². The number of furan rings is 1. The molecular formula is C14H22N2O4. The van der Waals surface area contributed by atoms with Gasteiger partial charge in [-0.05, 0) is 25.8 Å². The highest BCUT2D eigenvalue weighted by atomic mass is 16.4. The number of aryl methyl sites for hydroxylation is 1. The van der Waals surface area contributed by atoms with Gasteiger partial charge in [-0.25, -0.2) is 4.79 Å². The van der Waals surface area contributed by atoms with E-state index in [0.717, 1.165) is 5.56 Å². The first-order valence-electron chi connectivity index (χ1n) is 6.65. The average Bonchev–Trinajstić information content (AvgIpc) is 2.74. The Balaban J connectivity index is 2.50. The summed E-state index contributed by atoms with van der Waals surface area (Å²) in [6.07, 6.45) is 0. The molecule has 6 nitrogen and oxygen atoms in total. The Kier molecular flexibility index (Phi) is 5.76. The first kappa shape index (κ1) is 16.2. The van der Waals surface area contributed by atoms with E-state index < -0.39 is 5.97 Å². The summed E-state index contributed by atoms with van der Waals surface area (Å²) in [5.74, 6) is -0.304. The van der Waals surface area contributed by atoms with Gasteiger partial charge in [-0.3, -0.25) is 4.79 Å². The minimum Gasteiger partial charge on any atom is -0.475 e. The predicted molar refractivity (Wildman–Crippen MR) is 74.6 cm³/mol. The molecule has 1 heterocycles. The molecule has 0 aliphatic carbocycles. The zero-order chi connectivity index (χ0) is 15.3. The SMILES string of the molecule is Cc1oc(C(=O)O)cc1CNC(C)C(=O)NCC(C)C. The Bertz CT molecular complexity index is 480. The zero-order valence-electron chi connectivity index (χ0n) is 12.3. The number of hydrogen-bond donors (Lipinski definition) is 3. The number of hydrogen-bond acceptors (Lipinski definition) is 4. The second kappa shape index (κ2) is 7.09. The van der Waals surface area contributed by atoms with Crippen molar-refractivity contribution in [2.75, 3.05) is 6.54 Å². The Morgan fingerprint density at radius 2 is 2.00 bits per heavy atom. The third-order valence-electron chi connectivity index (χ3n) is 2.91. The summed E-state index contributed by atoms with van der Waals surface area (Å²) in [7, 11) is 0. The summed E-state index contributed by atoms with van der Waals surface area (Å²) in [5.41, 5.74) is 0.742. The van der Waals surface area contributed by atoms with E-state index in [2.05, 4.69) is 10.6 Å². The van der Waals surface area contributed by atoms with Gasteiger partial charge in [-0.2, -0.15) is 0 Å². The number of rotatable bonds is 7. The molecule has 20 heavy (non-hydrogen) atoms. The molecule has 0 aliphatic rings. The largest absolute Gasteiger partial charge is 0.475 e. The van der Waals surface area contributed by atoms with Crippen molar-refractivity contribution in [2.45, 2.75) is 40.3 Å². The van der Waals surface area contributed by atoms with Gasteiger partial charge in [0.1, 0.15) is 5.76 Å². The molecular weight excluding hydrogens is 260 g/mol. The first-order valence-corrected chi connectivity index (χ1v) is 6.65. The molecule has 3 N–H and O–H groups in total. The van der Waals surface area contributed by atoms with E-state index in [1.807, 2.05) is 13.8 Å². The lowest BCUT2D eigenvalue weighted by Gasteiger charge is -2.14. The van der Waals surface area contributed by atoms with Crippen LogP contribution in [0.5, 0.6) is 0 Å². The number of aromatic carboxylic acids is 1. The van der Waals surface area contributed by atoms with Gasteiger partial charge < -0.3 is 20.2 Å². The van der Waals surface area contributed by atoms with Crippen LogP contribution in [0.2, 0.25) is 0 Å². The molecule has 1 amide bonds. The third-order valence-corrected chi connectivity index (χ3v) is 2.91. The van der Waals surface area contributed by atoms with Crippen molar-refractivity contribution in [1.82, 2.24) is 10.6 Å². The van der Waals surface area contributed by atoms with Gasteiger partial charge in [0.25, 0.3) is 0 Å². The summed E-state index contributed by atoms with van der Waals surface area (Å²) < 4.78 is 5.11. The average molecular weight is 282 g/mol. The van der Waals surface area contributed by atoms with Gasteiger partial charge in [0.15, 0.2) is 0 Å². The third kappa shape index (κ3) is 4.70. The van der Waals surface area contributed by atoms with E-state index in [0.29, 0.717) is 24.8 Å². The molecule has 0 saturated carbocycles. The van der Waals surface area contributed by atoms with Crippen LogP contribution >= 0.6 is 0 Å². The van der Waals surface area contributed by atoms with Crippen LogP contribution in [-0.4, -0.2) is 29.6 Å².